The van der Waals surface area contributed by atoms with Crippen LogP contribution < -0.4 is 5.73 Å². The van der Waals surface area contributed by atoms with Gasteiger partial charge in [0.15, 0.2) is 0 Å². The van der Waals surface area contributed by atoms with Gasteiger partial charge in [-0.15, -0.1) is 0 Å². The van der Waals surface area contributed by atoms with Crippen LogP contribution in [0.3, 0.4) is 0 Å². The normalized spacial score (nSPS) is 10.2. The van der Waals surface area contributed by atoms with E-state index in [0.29, 0.717) is 16.3 Å². The van der Waals surface area contributed by atoms with Crippen molar-refractivity contribution in [3.05, 3.63) is 53.1 Å². The van der Waals surface area contributed by atoms with Gasteiger partial charge >= 0.3 is 5.97 Å². The number of hydrogen-bond donors (Lipinski definition) is 1. The molecule has 2 aromatic carbocycles. The summed E-state index contributed by atoms with van der Waals surface area (Å²) in [6.07, 6.45) is 0. The summed E-state index contributed by atoms with van der Waals surface area (Å²) in [5.74, 6) is -0.434. The predicted octanol–water partition coefficient (Wildman–Crippen LogP) is 3.86. The maximum atomic E-state index is 11.6. The van der Waals surface area contributed by atoms with Crippen molar-refractivity contribution in [2.75, 3.05) is 12.8 Å². The Morgan fingerprint density at radius 1 is 1.21 bits per heavy atom. The van der Waals surface area contributed by atoms with E-state index < -0.39 is 5.97 Å². The van der Waals surface area contributed by atoms with Gasteiger partial charge in [-0.2, -0.15) is 0 Å². The molecule has 0 aromatic heterocycles. The van der Waals surface area contributed by atoms with E-state index in [1.54, 1.807) is 12.1 Å². The smallest absolute Gasteiger partial charge is 0.339 e. The maximum Gasteiger partial charge on any atom is 0.339 e. The summed E-state index contributed by atoms with van der Waals surface area (Å²) in [6.45, 7) is 0. The Kier molecular flexibility index (Phi) is 4.35. The average Bonchev–Trinajstić information content (AvgIpc) is 2.43. The summed E-state index contributed by atoms with van der Waals surface area (Å²) in [5, 5.41) is 0.681. The van der Waals surface area contributed by atoms with Crippen LogP contribution in [-0.4, -0.2) is 13.1 Å². The molecule has 0 aliphatic heterocycles. The van der Waals surface area contributed by atoms with E-state index in [1.807, 2.05) is 30.3 Å². The average molecular weight is 294 g/mol. The molecule has 0 aliphatic rings. The Morgan fingerprint density at radius 2 is 1.89 bits per heavy atom. The van der Waals surface area contributed by atoms with Crippen LogP contribution in [0, 0.1) is 0 Å². The fourth-order valence-corrected chi connectivity index (χ4v) is 2.57. The summed E-state index contributed by atoms with van der Waals surface area (Å²) in [4.78, 5) is 13.4. The van der Waals surface area contributed by atoms with Gasteiger partial charge in [0.05, 0.1) is 18.4 Å². The second-order valence-electron chi connectivity index (χ2n) is 3.76. The van der Waals surface area contributed by atoms with E-state index in [-0.39, 0.29) is 0 Å². The molecule has 0 unspecified atom stereocenters. The van der Waals surface area contributed by atoms with Gasteiger partial charge in [0.1, 0.15) is 0 Å². The molecule has 0 heterocycles. The number of benzene rings is 2. The number of para-hydroxylation sites is 1. The molecule has 0 amide bonds. The number of halogens is 1. The minimum absolute atomic E-state index is 0.376. The van der Waals surface area contributed by atoms with Crippen LogP contribution in [0.25, 0.3) is 0 Å². The summed E-state index contributed by atoms with van der Waals surface area (Å²) >= 11 is 7.31. The zero-order valence-electron chi connectivity index (χ0n) is 10.2. The van der Waals surface area contributed by atoms with Crippen molar-refractivity contribution in [1.82, 2.24) is 0 Å². The fourth-order valence-electron chi connectivity index (χ4n) is 1.55. The van der Waals surface area contributed by atoms with Crippen molar-refractivity contribution in [1.29, 1.82) is 0 Å². The molecule has 98 valence electrons. The number of hydrogen-bond acceptors (Lipinski definition) is 4. The number of esters is 1. The lowest BCUT2D eigenvalue weighted by Gasteiger charge is -2.09. The SMILES string of the molecule is COC(=O)c1cccc(Sc2ccc(Cl)cc2)c1N. The number of ether oxygens (including phenoxy) is 1. The Bertz CT molecular complexity index is 599. The predicted molar refractivity (Wildman–Crippen MR) is 77.8 cm³/mol. The largest absolute Gasteiger partial charge is 0.465 e. The van der Waals surface area contributed by atoms with Crippen LogP contribution in [0.2, 0.25) is 5.02 Å². The van der Waals surface area contributed by atoms with Gasteiger partial charge < -0.3 is 10.5 Å². The van der Waals surface area contributed by atoms with E-state index >= 15 is 0 Å². The van der Waals surface area contributed by atoms with Crippen LogP contribution in [0.5, 0.6) is 0 Å². The van der Waals surface area contributed by atoms with Gasteiger partial charge in [-0.25, -0.2) is 4.79 Å². The Morgan fingerprint density at radius 3 is 2.53 bits per heavy atom. The lowest BCUT2D eigenvalue weighted by atomic mass is 10.2. The zero-order chi connectivity index (χ0) is 13.8. The molecule has 2 rings (SSSR count). The first kappa shape index (κ1) is 13.8. The minimum Gasteiger partial charge on any atom is -0.465 e. The van der Waals surface area contributed by atoms with Crippen LogP contribution in [0.4, 0.5) is 5.69 Å². The van der Waals surface area contributed by atoms with Crippen LogP contribution in [0.15, 0.2) is 52.3 Å². The molecule has 3 nitrogen and oxygen atoms in total. The molecule has 19 heavy (non-hydrogen) atoms. The number of carbonyl (C=O) groups is 1. The summed E-state index contributed by atoms with van der Waals surface area (Å²) < 4.78 is 4.69. The minimum atomic E-state index is -0.434. The van der Waals surface area contributed by atoms with Gasteiger partial charge in [0.2, 0.25) is 0 Å². The number of methoxy groups -OCH3 is 1. The molecular formula is C14H12ClNO2S. The molecule has 0 radical (unpaired) electrons. The molecule has 0 bridgehead atoms. The van der Waals surface area contributed by atoms with Gasteiger partial charge in [-0.3, -0.25) is 0 Å². The third-order valence-corrected chi connectivity index (χ3v) is 3.85. The van der Waals surface area contributed by atoms with Crippen LogP contribution in [0.1, 0.15) is 10.4 Å². The van der Waals surface area contributed by atoms with Crippen molar-refractivity contribution < 1.29 is 9.53 Å². The highest BCUT2D eigenvalue weighted by Gasteiger charge is 2.13. The van der Waals surface area contributed by atoms with Crippen molar-refractivity contribution in [3.63, 3.8) is 0 Å². The zero-order valence-corrected chi connectivity index (χ0v) is 11.8. The van der Waals surface area contributed by atoms with Crippen molar-refractivity contribution in [2.24, 2.45) is 0 Å². The number of nitrogens with two attached hydrogens (primary N) is 1. The van der Waals surface area contributed by atoms with E-state index in [0.717, 1.165) is 9.79 Å². The Hall–Kier alpha value is -1.65. The molecule has 0 aliphatic carbocycles. The number of anilines is 1. The van der Waals surface area contributed by atoms with E-state index in [9.17, 15) is 4.79 Å². The lowest BCUT2D eigenvalue weighted by Crippen LogP contribution is -2.06. The molecule has 2 N–H and O–H groups in total. The van der Waals surface area contributed by atoms with E-state index in [2.05, 4.69) is 0 Å². The Labute approximate surface area is 120 Å². The fraction of sp³-hybridized carbons (Fsp3) is 0.0714. The molecule has 0 atom stereocenters. The lowest BCUT2D eigenvalue weighted by molar-refractivity contribution is 0.0601. The molecule has 5 heteroatoms. The standard InChI is InChI=1S/C14H12ClNO2S/c1-18-14(17)11-3-2-4-12(13(11)16)19-10-7-5-9(15)6-8-10/h2-8H,16H2,1H3. The van der Waals surface area contributed by atoms with E-state index in [1.165, 1.54) is 18.9 Å². The third kappa shape index (κ3) is 3.22. The monoisotopic (exact) mass is 293 g/mol. The maximum absolute atomic E-state index is 11.6. The molecular weight excluding hydrogens is 282 g/mol. The first-order valence-electron chi connectivity index (χ1n) is 5.52. The van der Waals surface area contributed by atoms with Crippen LogP contribution >= 0.6 is 23.4 Å². The highest BCUT2D eigenvalue weighted by molar-refractivity contribution is 7.99. The van der Waals surface area contributed by atoms with Gasteiger partial charge in [-0.05, 0) is 36.4 Å². The molecule has 2 aromatic rings. The van der Waals surface area contributed by atoms with Gasteiger partial charge in [0, 0.05) is 14.8 Å². The van der Waals surface area contributed by atoms with Crippen molar-refractivity contribution >= 4 is 35.0 Å². The Balaban J connectivity index is 2.30. The van der Waals surface area contributed by atoms with Crippen molar-refractivity contribution in [2.45, 2.75) is 9.79 Å². The highest BCUT2D eigenvalue weighted by atomic mass is 35.5. The molecule has 0 fully saturated rings. The highest BCUT2D eigenvalue weighted by Crippen LogP contribution is 2.34. The molecule has 0 spiro atoms. The second-order valence-corrected chi connectivity index (χ2v) is 5.32. The molecule has 0 saturated heterocycles. The first-order valence-corrected chi connectivity index (χ1v) is 6.71. The number of rotatable bonds is 3. The quantitative estimate of drug-likeness (QED) is 0.689. The van der Waals surface area contributed by atoms with Crippen molar-refractivity contribution in [3.8, 4) is 0 Å². The topological polar surface area (TPSA) is 52.3 Å². The number of nitrogen functional groups attached to an aromatic ring is 1. The second kappa shape index (κ2) is 5.99. The van der Waals surface area contributed by atoms with Gasteiger partial charge in [0.25, 0.3) is 0 Å². The first-order chi connectivity index (χ1) is 9.11. The van der Waals surface area contributed by atoms with E-state index in [4.69, 9.17) is 22.1 Å². The summed E-state index contributed by atoms with van der Waals surface area (Å²) in [5.41, 5.74) is 6.79. The summed E-state index contributed by atoms with van der Waals surface area (Å²) in [6, 6.07) is 12.7. The summed E-state index contributed by atoms with van der Waals surface area (Å²) in [7, 11) is 1.33. The third-order valence-electron chi connectivity index (χ3n) is 2.51. The molecule has 0 saturated carbocycles. The van der Waals surface area contributed by atoms with Gasteiger partial charge in [-0.1, -0.05) is 29.4 Å². The van der Waals surface area contributed by atoms with Crippen LogP contribution in [-0.2, 0) is 4.74 Å². The number of carbonyl (C=O) groups excluding carboxylic acids is 1.